The van der Waals surface area contributed by atoms with Crippen LogP contribution >= 0.6 is 0 Å². The number of carbonyl (C=O) groups excluding carboxylic acids is 1. The summed E-state index contributed by atoms with van der Waals surface area (Å²) in [5.74, 6) is 1.43. The number of hydrogen-bond donors (Lipinski definition) is 2. The molecular formula is C18H20N4O5. The number of piperazine rings is 1. The number of ether oxygens (including phenoxy) is 2. The van der Waals surface area contributed by atoms with Crippen molar-refractivity contribution in [2.45, 2.75) is 13.0 Å². The fourth-order valence-electron chi connectivity index (χ4n) is 3.30. The maximum Gasteiger partial charge on any atom is 0.325 e. The average Bonchev–Trinajstić information content (AvgIpc) is 3.12. The molecule has 9 heteroatoms. The van der Waals surface area contributed by atoms with Crippen LogP contribution in [0.5, 0.6) is 11.5 Å². The molecule has 4 rings (SSSR count). The van der Waals surface area contributed by atoms with Crippen molar-refractivity contribution >= 4 is 5.91 Å². The van der Waals surface area contributed by atoms with Crippen molar-refractivity contribution in [3.63, 3.8) is 0 Å². The molecule has 27 heavy (non-hydrogen) atoms. The van der Waals surface area contributed by atoms with Crippen molar-refractivity contribution in [1.29, 1.82) is 0 Å². The fraction of sp³-hybridized carbons (Fsp3) is 0.389. The number of nitrogens with one attached hydrogen (secondary N) is 2. The SMILES string of the molecule is O=C(Cc1c[nH]c(=O)[nH]c1=O)N1CCN(Cc2ccc3c(c2)OCO3)CC1. The van der Waals surface area contributed by atoms with Crippen LogP contribution in [-0.2, 0) is 17.8 Å². The maximum atomic E-state index is 12.4. The minimum absolute atomic E-state index is 0.0196. The third-order valence-corrected chi connectivity index (χ3v) is 4.81. The van der Waals surface area contributed by atoms with Crippen LogP contribution in [0.2, 0.25) is 0 Å². The van der Waals surface area contributed by atoms with E-state index in [1.165, 1.54) is 6.20 Å². The maximum absolute atomic E-state index is 12.4. The number of hydrogen-bond acceptors (Lipinski definition) is 6. The second kappa shape index (κ2) is 7.28. The molecule has 2 N–H and O–H groups in total. The Morgan fingerprint density at radius 3 is 2.63 bits per heavy atom. The smallest absolute Gasteiger partial charge is 0.325 e. The predicted octanol–water partition coefficient (Wildman–Crippen LogP) is -0.321. The molecule has 1 aromatic carbocycles. The number of H-pyrrole nitrogens is 2. The quantitative estimate of drug-likeness (QED) is 0.762. The molecule has 1 amide bonds. The van der Waals surface area contributed by atoms with E-state index in [1.807, 2.05) is 18.2 Å². The molecule has 9 nitrogen and oxygen atoms in total. The van der Waals surface area contributed by atoms with Gasteiger partial charge < -0.3 is 19.4 Å². The molecule has 1 fully saturated rings. The second-order valence-corrected chi connectivity index (χ2v) is 6.62. The van der Waals surface area contributed by atoms with E-state index in [-0.39, 0.29) is 24.7 Å². The van der Waals surface area contributed by atoms with Crippen molar-refractivity contribution in [2.75, 3.05) is 33.0 Å². The van der Waals surface area contributed by atoms with Crippen molar-refractivity contribution in [2.24, 2.45) is 0 Å². The van der Waals surface area contributed by atoms with Gasteiger partial charge in [-0.2, -0.15) is 0 Å². The van der Waals surface area contributed by atoms with E-state index < -0.39 is 11.2 Å². The zero-order valence-corrected chi connectivity index (χ0v) is 14.7. The lowest BCUT2D eigenvalue weighted by atomic mass is 10.1. The van der Waals surface area contributed by atoms with Crippen LogP contribution < -0.4 is 20.7 Å². The summed E-state index contributed by atoms with van der Waals surface area (Å²) < 4.78 is 10.7. The zero-order chi connectivity index (χ0) is 18.8. The first kappa shape index (κ1) is 17.3. The number of aromatic amines is 2. The number of fused-ring (bicyclic) bond motifs is 1. The Labute approximate surface area is 154 Å². The molecule has 0 aliphatic carbocycles. The lowest BCUT2D eigenvalue weighted by Crippen LogP contribution is -2.49. The van der Waals surface area contributed by atoms with E-state index in [1.54, 1.807) is 4.90 Å². The van der Waals surface area contributed by atoms with Gasteiger partial charge in [-0.3, -0.25) is 19.5 Å². The van der Waals surface area contributed by atoms with Crippen LogP contribution in [0.3, 0.4) is 0 Å². The van der Waals surface area contributed by atoms with Crippen LogP contribution in [0.25, 0.3) is 0 Å². The Morgan fingerprint density at radius 1 is 1.07 bits per heavy atom. The molecule has 1 saturated heterocycles. The van der Waals surface area contributed by atoms with E-state index in [4.69, 9.17) is 9.47 Å². The Balaban J connectivity index is 1.31. The molecule has 0 saturated carbocycles. The molecule has 1 aromatic heterocycles. The van der Waals surface area contributed by atoms with Crippen molar-refractivity contribution < 1.29 is 14.3 Å². The summed E-state index contributed by atoms with van der Waals surface area (Å²) >= 11 is 0. The van der Waals surface area contributed by atoms with Gasteiger partial charge in [0.15, 0.2) is 11.5 Å². The lowest BCUT2D eigenvalue weighted by molar-refractivity contribution is -0.132. The summed E-state index contributed by atoms with van der Waals surface area (Å²) in [5, 5.41) is 0. The Bertz CT molecular complexity index is 959. The van der Waals surface area contributed by atoms with E-state index in [0.29, 0.717) is 13.1 Å². The van der Waals surface area contributed by atoms with Crippen LogP contribution in [0, 0.1) is 0 Å². The Morgan fingerprint density at radius 2 is 1.85 bits per heavy atom. The normalized spacial score (nSPS) is 16.5. The molecule has 0 radical (unpaired) electrons. The van der Waals surface area contributed by atoms with Gasteiger partial charge in [0.1, 0.15) is 0 Å². The minimum Gasteiger partial charge on any atom is -0.454 e. The van der Waals surface area contributed by atoms with Crippen LogP contribution in [0.15, 0.2) is 34.0 Å². The van der Waals surface area contributed by atoms with Crippen molar-refractivity contribution in [3.05, 3.63) is 56.4 Å². The fourth-order valence-corrected chi connectivity index (χ4v) is 3.30. The topological polar surface area (TPSA) is 108 Å². The van der Waals surface area contributed by atoms with Gasteiger partial charge in [0.25, 0.3) is 5.56 Å². The summed E-state index contributed by atoms with van der Waals surface area (Å²) in [6.07, 6.45) is 1.28. The van der Waals surface area contributed by atoms with E-state index in [0.717, 1.165) is 36.7 Å². The monoisotopic (exact) mass is 372 g/mol. The van der Waals surface area contributed by atoms with Crippen molar-refractivity contribution in [1.82, 2.24) is 19.8 Å². The molecule has 2 aliphatic heterocycles. The van der Waals surface area contributed by atoms with Crippen molar-refractivity contribution in [3.8, 4) is 11.5 Å². The molecule has 0 unspecified atom stereocenters. The summed E-state index contributed by atoms with van der Waals surface area (Å²) in [7, 11) is 0. The summed E-state index contributed by atoms with van der Waals surface area (Å²) in [6.45, 7) is 3.75. The van der Waals surface area contributed by atoms with E-state index in [2.05, 4.69) is 14.9 Å². The van der Waals surface area contributed by atoms with Gasteiger partial charge in [-0.05, 0) is 17.7 Å². The van der Waals surface area contributed by atoms with Gasteiger partial charge in [-0.15, -0.1) is 0 Å². The van der Waals surface area contributed by atoms with Crippen LogP contribution in [0.1, 0.15) is 11.1 Å². The number of rotatable bonds is 4. The van der Waals surface area contributed by atoms with Crippen LogP contribution in [-0.4, -0.2) is 58.6 Å². The summed E-state index contributed by atoms with van der Waals surface area (Å²) in [4.78, 5) is 43.8. The van der Waals surface area contributed by atoms with Gasteiger partial charge in [-0.1, -0.05) is 6.07 Å². The lowest BCUT2D eigenvalue weighted by Gasteiger charge is -2.34. The molecular weight excluding hydrogens is 352 g/mol. The Hall–Kier alpha value is -3.07. The highest BCUT2D eigenvalue weighted by molar-refractivity contribution is 5.78. The number of carbonyl (C=O) groups is 1. The predicted molar refractivity (Wildman–Crippen MR) is 95.8 cm³/mol. The third-order valence-electron chi connectivity index (χ3n) is 4.81. The first-order chi connectivity index (χ1) is 13.1. The van der Waals surface area contributed by atoms with Gasteiger partial charge in [0, 0.05) is 44.5 Å². The molecule has 3 heterocycles. The first-order valence-electron chi connectivity index (χ1n) is 8.78. The van der Waals surface area contributed by atoms with E-state index >= 15 is 0 Å². The standard InChI is InChI=1S/C18H20N4O5/c23-16(8-13-9-19-18(25)20-17(13)24)22-5-3-21(4-6-22)10-12-1-2-14-15(7-12)27-11-26-14/h1-2,7,9H,3-6,8,10-11H2,(H2,19,20,24,25). The molecule has 2 aromatic rings. The van der Waals surface area contributed by atoms with E-state index in [9.17, 15) is 14.4 Å². The number of amides is 1. The number of aromatic nitrogens is 2. The average molecular weight is 372 g/mol. The highest BCUT2D eigenvalue weighted by atomic mass is 16.7. The molecule has 2 aliphatic rings. The molecule has 142 valence electrons. The largest absolute Gasteiger partial charge is 0.454 e. The van der Waals surface area contributed by atoms with Gasteiger partial charge in [0.2, 0.25) is 12.7 Å². The summed E-state index contributed by atoms with van der Waals surface area (Å²) in [6, 6.07) is 5.93. The van der Waals surface area contributed by atoms with Gasteiger partial charge >= 0.3 is 5.69 Å². The highest BCUT2D eigenvalue weighted by Crippen LogP contribution is 2.32. The third kappa shape index (κ3) is 3.87. The minimum atomic E-state index is -0.576. The first-order valence-corrected chi connectivity index (χ1v) is 8.78. The molecule has 0 bridgehead atoms. The Kier molecular flexibility index (Phi) is 4.68. The second-order valence-electron chi connectivity index (χ2n) is 6.62. The van der Waals surface area contributed by atoms with Gasteiger partial charge in [-0.25, -0.2) is 4.79 Å². The molecule has 0 spiro atoms. The summed E-state index contributed by atoms with van der Waals surface area (Å²) in [5.41, 5.74) is 0.308. The van der Waals surface area contributed by atoms with Gasteiger partial charge in [0.05, 0.1) is 6.42 Å². The number of benzene rings is 1. The number of nitrogens with zero attached hydrogens (tertiary/aromatic N) is 2. The van der Waals surface area contributed by atoms with Crippen LogP contribution in [0.4, 0.5) is 0 Å². The zero-order valence-electron chi connectivity index (χ0n) is 14.7. The highest BCUT2D eigenvalue weighted by Gasteiger charge is 2.22. The molecule has 0 atom stereocenters.